The van der Waals surface area contributed by atoms with Crippen molar-refractivity contribution in [1.29, 1.82) is 0 Å². The third-order valence-electron chi connectivity index (χ3n) is 2.10. The van der Waals surface area contributed by atoms with Crippen molar-refractivity contribution in [1.82, 2.24) is 0 Å². The zero-order valence-corrected chi connectivity index (χ0v) is 8.61. The minimum atomic E-state index is -1.12. The Balaban J connectivity index is 3.05. The fourth-order valence-corrected chi connectivity index (χ4v) is 1.31. The van der Waals surface area contributed by atoms with Gasteiger partial charge in [0.1, 0.15) is 5.75 Å². The van der Waals surface area contributed by atoms with Crippen molar-refractivity contribution in [3.05, 3.63) is 23.5 Å². The largest absolute Gasteiger partial charge is 0.507 e. The highest BCUT2D eigenvalue weighted by atomic mass is 19.1. The van der Waals surface area contributed by atoms with Crippen molar-refractivity contribution in [2.75, 3.05) is 7.11 Å². The van der Waals surface area contributed by atoms with E-state index >= 15 is 0 Å². The van der Waals surface area contributed by atoms with Crippen LogP contribution in [0.15, 0.2) is 12.1 Å². The number of carboxylic acids is 1. The Morgan fingerprint density at radius 1 is 1.62 bits per heavy atom. The summed E-state index contributed by atoms with van der Waals surface area (Å²) in [7, 11) is 1.26. The molecule has 0 spiro atoms. The lowest BCUT2D eigenvalue weighted by atomic mass is 10.0. The van der Waals surface area contributed by atoms with E-state index < -0.39 is 17.8 Å². The lowest BCUT2D eigenvalue weighted by Gasteiger charge is -2.13. The highest BCUT2D eigenvalue weighted by molar-refractivity contribution is 5.68. The Kier molecular flexibility index (Phi) is 3.68. The number of halogens is 1. The molecule has 0 aliphatic rings. The van der Waals surface area contributed by atoms with E-state index in [1.807, 2.05) is 0 Å². The van der Waals surface area contributed by atoms with Gasteiger partial charge < -0.3 is 20.7 Å². The van der Waals surface area contributed by atoms with Crippen LogP contribution in [-0.2, 0) is 4.79 Å². The number of rotatable bonds is 4. The summed E-state index contributed by atoms with van der Waals surface area (Å²) in [4.78, 5) is 10.4. The van der Waals surface area contributed by atoms with Gasteiger partial charge in [-0.3, -0.25) is 4.79 Å². The molecule has 1 aromatic carbocycles. The topological polar surface area (TPSA) is 92.8 Å². The molecule has 88 valence electrons. The van der Waals surface area contributed by atoms with Gasteiger partial charge in [0.2, 0.25) is 0 Å². The molecular formula is C10H12FNO4. The van der Waals surface area contributed by atoms with Crippen LogP contribution < -0.4 is 10.5 Å². The Labute approximate surface area is 91.3 Å². The van der Waals surface area contributed by atoms with Gasteiger partial charge in [0.05, 0.1) is 13.5 Å². The molecule has 6 heteroatoms. The van der Waals surface area contributed by atoms with E-state index in [9.17, 15) is 14.3 Å². The first-order valence-corrected chi connectivity index (χ1v) is 4.49. The molecule has 0 aliphatic heterocycles. The van der Waals surface area contributed by atoms with E-state index in [4.69, 9.17) is 10.8 Å². The molecule has 0 heterocycles. The number of carbonyl (C=O) groups is 1. The first-order valence-electron chi connectivity index (χ1n) is 4.49. The summed E-state index contributed by atoms with van der Waals surface area (Å²) >= 11 is 0. The van der Waals surface area contributed by atoms with Crippen LogP contribution in [-0.4, -0.2) is 23.3 Å². The van der Waals surface area contributed by atoms with Crippen LogP contribution in [0.5, 0.6) is 11.5 Å². The summed E-state index contributed by atoms with van der Waals surface area (Å²) in [5.41, 5.74) is 5.55. The Bertz CT molecular complexity index is 408. The average molecular weight is 229 g/mol. The Morgan fingerprint density at radius 3 is 2.75 bits per heavy atom. The number of phenolic OH excluding ortho intramolecular Hbond substituents is 1. The molecule has 0 radical (unpaired) electrons. The van der Waals surface area contributed by atoms with Crippen molar-refractivity contribution in [3.63, 3.8) is 0 Å². The minimum absolute atomic E-state index is 0.0423. The molecule has 5 nitrogen and oxygen atoms in total. The summed E-state index contributed by atoms with van der Waals surface area (Å²) in [5.74, 6) is -2.23. The third kappa shape index (κ3) is 2.60. The fraction of sp³-hybridized carbons (Fsp3) is 0.300. The lowest BCUT2D eigenvalue weighted by molar-refractivity contribution is -0.137. The highest BCUT2D eigenvalue weighted by Gasteiger charge is 2.17. The van der Waals surface area contributed by atoms with Crippen LogP contribution >= 0.6 is 0 Å². The third-order valence-corrected chi connectivity index (χ3v) is 2.10. The summed E-state index contributed by atoms with van der Waals surface area (Å²) in [6, 6.07) is 1.08. The Hall–Kier alpha value is -1.82. The number of aliphatic carboxylic acids is 1. The monoisotopic (exact) mass is 229 g/mol. The highest BCUT2D eigenvalue weighted by Crippen LogP contribution is 2.31. The van der Waals surface area contributed by atoms with Crippen LogP contribution in [0.25, 0.3) is 0 Å². The number of methoxy groups -OCH3 is 1. The number of ether oxygens (including phenoxy) is 1. The molecular weight excluding hydrogens is 217 g/mol. The molecule has 0 saturated heterocycles. The summed E-state index contributed by atoms with van der Waals surface area (Å²) in [6.07, 6.45) is -0.390. The quantitative estimate of drug-likeness (QED) is 0.716. The van der Waals surface area contributed by atoms with Crippen molar-refractivity contribution in [2.45, 2.75) is 12.5 Å². The van der Waals surface area contributed by atoms with Crippen LogP contribution in [0.2, 0.25) is 0 Å². The van der Waals surface area contributed by atoms with Crippen molar-refractivity contribution < 1.29 is 24.1 Å². The average Bonchev–Trinajstić information content (AvgIpc) is 2.19. The molecule has 0 aliphatic carbocycles. The molecule has 1 unspecified atom stereocenters. The van der Waals surface area contributed by atoms with Gasteiger partial charge in [-0.05, 0) is 6.07 Å². The smallest absolute Gasteiger partial charge is 0.305 e. The number of benzene rings is 1. The molecule has 0 saturated carbocycles. The van der Waals surface area contributed by atoms with E-state index in [1.54, 1.807) is 0 Å². The molecule has 0 aromatic heterocycles. The van der Waals surface area contributed by atoms with Gasteiger partial charge >= 0.3 is 5.97 Å². The molecule has 1 aromatic rings. The van der Waals surface area contributed by atoms with Crippen molar-refractivity contribution >= 4 is 5.97 Å². The molecule has 1 rings (SSSR count). The van der Waals surface area contributed by atoms with Crippen LogP contribution in [0, 0.1) is 5.82 Å². The normalized spacial score (nSPS) is 12.2. The minimum Gasteiger partial charge on any atom is -0.507 e. The van der Waals surface area contributed by atoms with Gasteiger partial charge in [-0.25, -0.2) is 4.39 Å². The molecule has 0 amide bonds. The summed E-state index contributed by atoms with van der Waals surface area (Å²) < 4.78 is 17.9. The number of hydrogen-bond acceptors (Lipinski definition) is 4. The van der Waals surface area contributed by atoms with Gasteiger partial charge in [0.25, 0.3) is 0 Å². The van der Waals surface area contributed by atoms with Crippen LogP contribution in [0.4, 0.5) is 4.39 Å². The maximum atomic E-state index is 13.3. The van der Waals surface area contributed by atoms with E-state index in [-0.39, 0.29) is 23.5 Å². The van der Waals surface area contributed by atoms with Crippen LogP contribution in [0.3, 0.4) is 0 Å². The summed E-state index contributed by atoms with van der Waals surface area (Å²) in [5, 5.41) is 18.0. The second kappa shape index (κ2) is 4.80. The zero-order chi connectivity index (χ0) is 12.3. The predicted molar refractivity (Wildman–Crippen MR) is 53.8 cm³/mol. The molecule has 0 bridgehead atoms. The number of aromatic hydroxyl groups is 1. The van der Waals surface area contributed by atoms with Gasteiger partial charge in [-0.15, -0.1) is 0 Å². The fourth-order valence-electron chi connectivity index (χ4n) is 1.31. The van der Waals surface area contributed by atoms with Crippen LogP contribution in [0.1, 0.15) is 18.0 Å². The first kappa shape index (κ1) is 12.3. The first-order chi connectivity index (χ1) is 7.45. The SMILES string of the molecule is COc1cc(O)c(C(N)CC(=O)O)cc1F. The second-order valence-corrected chi connectivity index (χ2v) is 3.25. The molecule has 1 atom stereocenters. The zero-order valence-electron chi connectivity index (χ0n) is 8.61. The number of phenols is 1. The summed E-state index contributed by atoms with van der Waals surface area (Å²) in [6.45, 7) is 0. The van der Waals surface area contributed by atoms with E-state index in [0.29, 0.717) is 0 Å². The maximum absolute atomic E-state index is 13.3. The standard InChI is InChI=1S/C10H12FNO4/c1-16-9-4-8(13)5(2-6(9)11)7(12)3-10(14)15/h2,4,7,13H,3,12H2,1H3,(H,14,15). The number of nitrogens with two attached hydrogens (primary N) is 1. The Morgan fingerprint density at radius 2 is 2.25 bits per heavy atom. The lowest BCUT2D eigenvalue weighted by Crippen LogP contribution is -2.15. The van der Waals surface area contributed by atoms with Gasteiger partial charge in [-0.2, -0.15) is 0 Å². The van der Waals surface area contributed by atoms with Crippen molar-refractivity contribution in [2.24, 2.45) is 5.73 Å². The number of hydrogen-bond donors (Lipinski definition) is 3. The van der Waals surface area contributed by atoms with Crippen molar-refractivity contribution in [3.8, 4) is 11.5 Å². The van der Waals surface area contributed by atoms with E-state index in [1.165, 1.54) is 7.11 Å². The van der Waals surface area contributed by atoms with E-state index in [0.717, 1.165) is 12.1 Å². The molecule has 4 N–H and O–H groups in total. The second-order valence-electron chi connectivity index (χ2n) is 3.25. The van der Waals surface area contributed by atoms with E-state index in [2.05, 4.69) is 4.74 Å². The van der Waals surface area contributed by atoms with Gasteiger partial charge in [0.15, 0.2) is 11.6 Å². The molecule has 0 fully saturated rings. The molecule has 16 heavy (non-hydrogen) atoms. The van der Waals surface area contributed by atoms with Gasteiger partial charge in [0, 0.05) is 17.7 Å². The van der Waals surface area contributed by atoms with Gasteiger partial charge in [-0.1, -0.05) is 0 Å². The number of carboxylic acid groups (broad SMARTS) is 1. The maximum Gasteiger partial charge on any atom is 0.305 e. The predicted octanol–water partition coefficient (Wildman–Crippen LogP) is 1.01.